The number of ether oxygens (including phenoxy) is 2. The van der Waals surface area contributed by atoms with E-state index in [0.29, 0.717) is 23.1 Å². The van der Waals surface area contributed by atoms with Crippen LogP contribution in [0.4, 0.5) is 5.69 Å². The maximum atomic E-state index is 5.76. The number of nitrogen functional groups attached to an aromatic ring is 1. The highest BCUT2D eigenvalue weighted by Crippen LogP contribution is 2.29. The standard InChI is InChI=1S/C11H11N3O2/c1-15-8-2-3-9(12)10(6-8)16-11-7-13-4-5-14-11/h2-7H,12H2,1H3. The van der Waals surface area contributed by atoms with Crippen molar-refractivity contribution in [3.05, 3.63) is 36.8 Å². The molecule has 0 spiro atoms. The number of hydrogen-bond acceptors (Lipinski definition) is 5. The van der Waals surface area contributed by atoms with Crippen LogP contribution >= 0.6 is 0 Å². The zero-order chi connectivity index (χ0) is 11.4. The Morgan fingerprint density at radius 2 is 2.12 bits per heavy atom. The van der Waals surface area contributed by atoms with Gasteiger partial charge < -0.3 is 15.2 Å². The molecule has 2 aromatic rings. The minimum atomic E-state index is 0.391. The Balaban J connectivity index is 2.27. The minimum absolute atomic E-state index is 0.391. The number of anilines is 1. The number of nitrogens with two attached hydrogens (primary N) is 1. The molecule has 0 aliphatic carbocycles. The van der Waals surface area contributed by atoms with E-state index < -0.39 is 0 Å². The van der Waals surface area contributed by atoms with E-state index in [0.717, 1.165) is 0 Å². The third-order valence-corrected chi connectivity index (χ3v) is 1.97. The number of nitrogens with zero attached hydrogens (tertiary/aromatic N) is 2. The number of benzene rings is 1. The van der Waals surface area contributed by atoms with Gasteiger partial charge in [0.2, 0.25) is 5.88 Å². The highest BCUT2D eigenvalue weighted by molar-refractivity contribution is 5.56. The van der Waals surface area contributed by atoms with Crippen molar-refractivity contribution in [3.8, 4) is 17.4 Å². The van der Waals surface area contributed by atoms with Crippen LogP contribution in [-0.2, 0) is 0 Å². The first-order valence-electron chi connectivity index (χ1n) is 4.67. The smallest absolute Gasteiger partial charge is 0.237 e. The van der Waals surface area contributed by atoms with Crippen LogP contribution in [0.3, 0.4) is 0 Å². The molecule has 2 rings (SSSR count). The van der Waals surface area contributed by atoms with Gasteiger partial charge in [-0.2, -0.15) is 0 Å². The SMILES string of the molecule is COc1ccc(N)c(Oc2cnccn2)c1. The quantitative estimate of drug-likeness (QED) is 0.794. The third-order valence-electron chi connectivity index (χ3n) is 1.97. The fourth-order valence-electron chi connectivity index (χ4n) is 1.18. The summed E-state index contributed by atoms with van der Waals surface area (Å²) < 4.78 is 10.5. The normalized spacial score (nSPS) is 9.81. The van der Waals surface area contributed by atoms with Crippen LogP contribution in [0.2, 0.25) is 0 Å². The van der Waals surface area contributed by atoms with Gasteiger partial charge in [0.1, 0.15) is 5.75 Å². The second-order valence-corrected chi connectivity index (χ2v) is 3.05. The summed E-state index contributed by atoms with van der Waals surface area (Å²) >= 11 is 0. The first-order chi connectivity index (χ1) is 7.79. The summed E-state index contributed by atoms with van der Waals surface area (Å²) in [6.45, 7) is 0. The van der Waals surface area contributed by atoms with Gasteiger partial charge in [-0.3, -0.25) is 4.98 Å². The van der Waals surface area contributed by atoms with Gasteiger partial charge >= 0.3 is 0 Å². The summed E-state index contributed by atoms with van der Waals surface area (Å²) in [5.74, 6) is 1.57. The molecule has 5 heteroatoms. The number of methoxy groups -OCH3 is 1. The first-order valence-corrected chi connectivity index (χ1v) is 4.67. The lowest BCUT2D eigenvalue weighted by atomic mass is 10.3. The molecule has 0 bridgehead atoms. The summed E-state index contributed by atoms with van der Waals surface area (Å²) in [6, 6.07) is 5.17. The predicted octanol–water partition coefficient (Wildman–Crippen LogP) is 1.86. The van der Waals surface area contributed by atoms with Crippen LogP contribution < -0.4 is 15.2 Å². The van der Waals surface area contributed by atoms with Crippen LogP contribution in [0.1, 0.15) is 0 Å². The maximum Gasteiger partial charge on any atom is 0.237 e. The molecule has 0 amide bonds. The molecule has 0 unspecified atom stereocenters. The van der Waals surface area contributed by atoms with E-state index in [2.05, 4.69) is 9.97 Å². The predicted molar refractivity (Wildman–Crippen MR) is 59.5 cm³/mol. The molecular formula is C11H11N3O2. The number of aromatic nitrogens is 2. The van der Waals surface area contributed by atoms with Gasteiger partial charge in [-0.25, -0.2) is 4.98 Å². The van der Waals surface area contributed by atoms with Crippen molar-refractivity contribution >= 4 is 5.69 Å². The van der Waals surface area contributed by atoms with Crippen LogP contribution in [-0.4, -0.2) is 17.1 Å². The summed E-state index contributed by atoms with van der Waals surface area (Å²) in [6.07, 6.45) is 4.63. The Bertz CT molecular complexity index is 474. The largest absolute Gasteiger partial charge is 0.497 e. The molecule has 0 aliphatic rings. The molecule has 82 valence electrons. The average molecular weight is 217 g/mol. The lowest BCUT2D eigenvalue weighted by molar-refractivity contribution is 0.407. The lowest BCUT2D eigenvalue weighted by Crippen LogP contribution is -1.94. The average Bonchev–Trinajstić information content (AvgIpc) is 2.33. The molecule has 0 atom stereocenters. The molecular weight excluding hydrogens is 206 g/mol. The Kier molecular flexibility index (Phi) is 2.86. The van der Waals surface area contributed by atoms with Crippen molar-refractivity contribution in [1.82, 2.24) is 9.97 Å². The second kappa shape index (κ2) is 4.48. The minimum Gasteiger partial charge on any atom is -0.497 e. The van der Waals surface area contributed by atoms with Gasteiger partial charge in [-0.05, 0) is 12.1 Å². The molecule has 2 N–H and O–H groups in total. The molecule has 1 heterocycles. The highest BCUT2D eigenvalue weighted by Gasteiger charge is 2.04. The summed E-state index contributed by atoms with van der Waals surface area (Å²) in [7, 11) is 1.58. The van der Waals surface area contributed by atoms with Crippen molar-refractivity contribution in [1.29, 1.82) is 0 Å². The van der Waals surface area contributed by atoms with E-state index in [1.807, 2.05) is 0 Å². The lowest BCUT2D eigenvalue weighted by Gasteiger charge is -2.08. The van der Waals surface area contributed by atoms with E-state index in [1.165, 1.54) is 6.20 Å². The molecule has 0 fully saturated rings. The maximum absolute atomic E-state index is 5.76. The summed E-state index contributed by atoms with van der Waals surface area (Å²) in [4.78, 5) is 7.88. The van der Waals surface area contributed by atoms with E-state index in [1.54, 1.807) is 37.7 Å². The van der Waals surface area contributed by atoms with Crippen LogP contribution in [0.5, 0.6) is 17.4 Å². The topological polar surface area (TPSA) is 70.3 Å². The zero-order valence-electron chi connectivity index (χ0n) is 8.75. The van der Waals surface area contributed by atoms with Gasteiger partial charge in [0.25, 0.3) is 0 Å². The van der Waals surface area contributed by atoms with Gasteiger partial charge in [0, 0.05) is 18.5 Å². The van der Waals surface area contributed by atoms with Crippen LogP contribution in [0.15, 0.2) is 36.8 Å². The van der Waals surface area contributed by atoms with Crippen molar-refractivity contribution in [2.75, 3.05) is 12.8 Å². The van der Waals surface area contributed by atoms with Gasteiger partial charge in [-0.1, -0.05) is 0 Å². The van der Waals surface area contributed by atoms with Crippen LogP contribution in [0.25, 0.3) is 0 Å². The Morgan fingerprint density at radius 1 is 1.25 bits per heavy atom. The molecule has 0 radical (unpaired) electrons. The molecule has 0 aliphatic heterocycles. The monoisotopic (exact) mass is 217 g/mol. The second-order valence-electron chi connectivity index (χ2n) is 3.05. The van der Waals surface area contributed by atoms with E-state index >= 15 is 0 Å². The molecule has 1 aromatic heterocycles. The van der Waals surface area contributed by atoms with Crippen molar-refractivity contribution in [3.63, 3.8) is 0 Å². The molecule has 5 nitrogen and oxygen atoms in total. The number of rotatable bonds is 3. The van der Waals surface area contributed by atoms with Gasteiger partial charge in [0.05, 0.1) is 19.0 Å². The Hall–Kier alpha value is -2.30. The summed E-state index contributed by atoms with van der Waals surface area (Å²) in [5.41, 5.74) is 6.28. The van der Waals surface area contributed by atoms with Crippen molar-refractivity contribution < 1.29 is 9.47 Å². The Morgan fingerprint density at radius 3 is 2.81 bits per heavy atom. The van der Waals surface area contributed by atoms with E-state index in [4.69, 9.17) is 15.2 Å². The van der Waals surface area contributed by atoms with Crippen molar-refractivity contribution in [2.24, 2.45) is 0 Å². The highest BCUT2D eigenvalue weighted by atomic mass is 16.5. The summed E-state index contributed by atoms with van der Waals surface area (Å²) in [5, 5.41) is 0. The van der Waals surface area contributed by atoms with Crippen molar-refractivity contribution in [2.45, 2.75) is 0 Å². The molecule has 0 saturated carbocycles. The van der Waals surface area contributed by atoms with E-state index in [-0.39, 0.29) is 0 Å². The number of hydrogen-bond donors (Lipinski definition) is 1. The first kappa shape index (κ1) is 10.2. The molecule has 1 aromatic carbocycles. The Labute approximate surface area is 92.9 Å². The zero-order valence-corrected chi connectivity index (χ0v) is 8.75. The van der Waals surface area contributed by atoms with Gasteiger partial charge in [0.15, 0.2) is 5.75 Å². The van der Waals surface area contributed by atoms with Gasteiger partial charge in [-0.15, -0.1) is 0 Å². The molecule has 16 heavy (non-hydrogen) atoms. The fourth-order valence-corrected chi connectivity index (χ4v) is 1.18. The van der Waals surface area contributed by atoms with Crippen LogP contribution in [0, 0.1) is 0 Å². The fraction of sp³-hybridized carbons (Fsp3) is 0.0909. The third kappa shape index (κ3) is 2.20. The van der Waals surface area contributed by atoms with E-state index in [9.17, 15) is 0 Å². The molecule has 0 saturated heterocycles.